The van der Waals surface area contributed by atoms with Gasteiger partial charge in [-0.1, -0.05) is 6.92 Å². The summed E-state index contributed by atoms with van der Waals surface area (Å²) in [6.45, 7) is 2.73. The predicted molar refractivity (Wildman–Crippen MR) is 67.2 cm³/mol. The predicted octanol–water partition coefficient (Wildman–Crippen LogP) is 3.28. The first-order valence-electron chi connectivity index (χ1n) is 6.69. The number of aryl methyl sites for hydroxylation is 1. The molecule has 6 heteroatoms. The van der Waals surface area contributed by atoms with Crippen molar-refractivity contribution < 1.29 is 13.2 Å². The monoisotopic (exact) mass is 273 g/mol. The van der Waals surface area contributed by atoms with Gasteiger partial charge in [0.15, 0.2) is 0 Å². The summed E-state index contributed by atoms with van der Waals surface area (Å²) in [5.74, 6) is 0.484. The van der Waals surface area contributed by atoms with Gasteiger partial charge in [0.25, 0.3) is 0 Å². The van der Waals surface area contributed by atoms with Crippen molar-refractivity contribution in [2.45, 2.75) is 51.6 Å². The average Bonchev–Trinajstić information content (AvgIpc) is 2.34. The standard InChI is InChI=1S/C13H18F3N3/c1-2-7-17-12-9-5-3-4-6-10(9)18-11(19-12)8-13(14,15)16/h2-8H2,1H3,(H,17,18,19). The zero-order valence-electron chi connectivity index (χ0n) is 11.0. The fourth-order valence-corrected chi connectivity index (χ4v) is 2.29. The molecular weight excluding hydrogens is 255 g/mol. The van der Waals surface area contributed by atoms with E-state index in [0.717, 1.165) is 49.9 Å². The molecule has 2 rings (SSSR count). The quantitative estimate of drug-likeness (QED) is 0.914. The van der Waals surface area contributed by atoms with Gasteiger partial charge in [-0.15, -0.1) is 0 Å². The van der Waals surface area contributed by atoms with Crippen molar-refractivity contribution in [2.24, 2.45) is 0 Å². The summed E-state index contributed by atoms with van der Waals surface area (Å²) in [5.41, 5.74) is 1.80. The molecule has 1 aromatic heterocycles. The zero-order valence-corrected chi connectivity index (χ0v) is 11.0. The van der Waals surface area contributed by atoms with Gasteiger partial charge in [0.2, 0.25) is 0 Å². The fourth-order valence-electron chi connectivity index (χ4n) is 2.29. The van der Waals surface area contributed by atoms with E-state index in [2.05, 4.69) is 15.3 Å². The number of rotatable bonds is 4. The first-order chi connectivity index (χ1) is 8.99. The molecule has 0 aliphatic heterocycles. The molecular formula is C13H18F3N3. The largest absolute Gasteiger partial charge is 0.396 e. The van der Waals surface area contributed by atoms with Gasteiger partial charge >= 0.3 is 6.18 Å². The van der Waals surface area contributed by atoms with E-state index < -0.39 is 12.6 Å². The Hall–Kier alpha value is -1.33. The number of nitrogens with zero attached hydrogens (tertiary/aromatic N) is 2. The second kappa shape index (κ2) is 5.75. The fraction of sp³-hybridized carbons (Fsp3) is 0.692. The van der Waals surface area contributed by atoms with Gasteiger partial charge < -0.3 is 5.32 Å². The molecule has 1 aliphatic carbocycles. The highest BCUT2D eigenvalue weighted by molar-refractivity contribution is 5.47. The van der Waals surface area contributed by atoms with Gasteiger partial charge in [-0.05, 0) is 32.1 Å². The van der Waals surface area contributed by atoms with E-state index in [1.807, 2.05) is 6.92 Å². The van der Waals surface area contributed by atoms with Crippen molar-refractivity contribution in [1.29, 1.82) is 0 Å². The van der Waals surface area contributed by atoms with Crippen LogP contribution in [0.4, 0.5) is 19.0 Å². The summed E-state index contributed by atoms with van der Waals surface area (Å²) in [7, 11) is 0. The Balaban J connectivity index is 2.30. The van der Waals surface area contributed by atoms with E-state index in [4.69, 9.17) is 0 Å². The van der Waals surface area contributed by atoms with Crippen LogP contribution in [0, 0.1) is 0 Å². The third-order valence-electron chi connectivity index (χ3n) is 3.13. The molecule has 3 nitrogen and oxygen atoms in total. The molecule has 106 valence electrons. The third-order valence-corrected chi connectivity index (χ3v) is 3.13. The van der Waals surface area contributed by atoms with Crippen molar-refractivity contribution in [3.8, 4) is 0 Å². The minimum absolute atomic E-state index is 0.119. The number of anilines is 1. The minimum Gasteiger partial charge on any atom is -0.370 e. The Labute approximate surface area is 110 Å². The average molecular weight is 273 g/mol. The molecule has 0 saturated carbocycles. The lowest BCUT2D eigenvalue weighted by atomic mass is 9.96. The minimum atomic E-state index is -4.26. The highest BCUT2D eigenvalue weighted by Crippen LogP contribution is 2.27. The van der Waals surface area contributed by atoms with Crippen LogP contribution in [0.1, 0.15) is 43.3 Å². The van der Waals surface area contributed by atoms with Crippen LogP contribution in [-0.2, 0) is 19.3 Å². The Morgan fingerprint density at radius 2 is 1.89 bits per heavy atom. The van der Waals surface area contributed by atoms with Crippen LogP contribution in [0.3, 0.4) is 0 Å². The molecule has 0 spiro atoms. The van der Waals surface area contributed by atoms with Gasteiger partial charge in [0, 0.05) is 17.8 Å². The second-order valence-electron chi connectivity index (χ2n) is 4.84. The maximum absolute atomic E-state index is 12.5. The van der Waals surface area contributed by atoms with Crippen LogP contribution in [0.25, 0.3) is 0 Å². The molecule has 0 unspecified atom stereocenters. The molecule has 1 N–H and O–H groups in total. The maximum atomic E-state index is 12.5. The maximum Gasteiger partial charge on any atom is 0.396 e. The number of hydrogen-bond donors (Lipinski definition) is 1. The molecule has 1 aliphatic rings. The van der Waals surface area contributed by atoms with Crippen molar-refractivity contribution in [2.75, 3.05) is 11.9 Å². The number of fused-ring (bicyclic) bond motifs is 1. The molecule has 0 bridgehead atoms. The summed E-state index contributed by atoms with van der Waals surface area (Å²) in [6.07, 6.45) is -0.755. The van der Waals surface area contributed by atoms with Crippen LogP contribution in [0.15, 0.2) is 0 Å². The van der Waals surface area contributed by atoms with Crippen LogP contribution in [0.5, 0.6) is 0 Å². The van der Waals surface area contributed by atoms with Gasteiger partial charge in [-0.2, -0.15) is 13.2 Å². The van der Waals surface area contributed by atoms with Crippen molar-refractivity contribution >= 4 is 5.82 Å². The van der Waals surface area contributed by atoms with Gasteiger partial charge in [0.05, 0.1) is 0 Å². The SMILES string of the molecule is CCCNc1nc(CC(F)(F)F)nc2c1CCCC2. The summed E-state index contributed by atoms with van der Waals surface area (Å²) in [4.78, 5) is 8.16. The third kappa shape index (κ3) is 3.81. The molecule has 0 saturated heterocycles. The van der Waals surface area contributed by atoms with E-state index in [1.165, 1.54) is 0 Å². The molecule has 19 heavy (non-hydrogen) atoms. The van der Waals surface area contributed by atoms with E-state index in [0.29, 0.717) is 5.82 Å². The Morgan fingerprint density at radius 1 is 1.16 bits per heavy atom. The smallest absolute Gasteiger partial charge is 0.370 e. The molecule has 0 atom stereocenters. The first kappa shape index (κ1) is 14.1. The van der Waals surface area contributed by atoms with Gasteiger partial charge in [-0.25, -0.2) is 9.97 Å². The highest BCUT2D eigenvalue weighted by atomic mass is 19.4. The van der Waals surface area contributed by atoms with E-state index in [-0.39, 0.29) is 5.82 Å². The lowest BCUT2D eigenvalue weighted by molar-refractivity contribution is -0.128. The normalized spacial score (nSPS) is 15.2. The summed E-state index contributed by atoms with van der Waals surface area (Å²) in [5, 5.41) is 3.13. The molecule has 1 aromatic rings. The van der Waals surface area contributed by atoms with Gasteiger partial charge in [0.1, 0.15) is 18.1 Å². The number of alkyl halides is 3. The Kier molecular flexibility index (Phi) is 4.27. The van der Waals surface area contributed by atoms with Crippen molar-refractivity contribution in [3.63, 3.8) is 0 Å². The Morgan fingerprint density at radius 3 is 2.58 bits per heavy atom. The van der Waals surface area contributed by atoms with E-state index >= 15 is 0 Å². The number of aromatic nitrogens is 2. The van der Waals surface area contributed by atoms with E-state index in [9.17, 15) is 13.2 Å². The summed E-state index contributed by atoms with van der Waals surface area (Å²) in [6, 6.07) is 0. The number of hydrogen-bond acceptors (Lipinski definition) is 3. The number of nitrogens with one attached hydrogen (secondary N) is 1. The van der Waals surface area contributed by atoms with Crippen LogP contribution < -0.4 is 5.32 Å². The molecule has 1 heterocycles. The zero-order chi connectivity index (χ0) is 13.9. The second-order valence-corrected chi connectivity index (χ2v) is 4.84. The lowest BCUT2D eigenvalue weighted by Crippen LogP contribution is -2.19. The highest BCUT2D eigenvalue weighted by Gasteiger charge is 2.30. The lowest BCUT2D eigenvalue weighted by Gasteiger charge is -2.20. The van der Waals surface area contributed by atoms with Crippen LogP contribution >= 0.6 is 0 Å². The summed E-state index contributed by atoms with van der Waals surface area (Å²) >= 11 is 0. The molecule has 0 radical (unpaired) electrons. The first-order valence-corrected chi connectivity index (χ1v) is 6.69. The van der Waals surface area contributed by atoms with Crippen molar-refractivity contribution in [3.05, 3.63) is 17.1 Å². The number of halogens is 3. The molecule has 0 aromatic carbocycles. The Bertz CT molecular complexity index is 443. The molecule has 0 fully saturated rings. The molecule has 0 amide bonds. The van der Waals surface area contributed by atoms with Crippen LogP contribution in [-0.4, -0.2) is 22.7 Å². The summed E-state index contributed by atoms with van der Waals surface area (Å²) < 4.78 is 37.4. The van der Waals surface area contributed by atoms with Crippen LogP contribution in [0.2, 0.25) is 0 Å². The van der Waals surface area contributed by atoms with Gasteiger partial charge in [-0.3, -0.25) is 0 Å². The van der Waals surface area contributed by atoms with E-state index in [1.54, 1.807) is 0 Å². The topological polar surface area (TPSA) is 37.8 Å². The van der Waals surface area contributed by atoms with Crippen molar-refractivity contribution in [1.82, 2.24) is 9.97 Å².